The number of imide groups is 1. The standard InChI is InChI=1S/C19H22N4O3S/c1-3-19(2)17(25)23(18(26)21-19)11-15(24)22-10-6-8-13(22)16-20-12-7-4-5-9-14(12)27-16/h4-5,7,9,13H,3,6,8,10-11H2,1-2H3,(H,21,26)/t13-,19-/m1/s1. The van der Waals surface area contributed by atoms with Gasteiger partial charge in [-0.2, -0.15) is 0 Å². The van der Waals surface area contributed by atoms with Crippen molar-refractivity contribution in [2.75, 3.05) is 13.1 Å². The highest BCUT2D eigenvalue weighted by Crippen LogP contribution is 2.36. The van der Waals surface area contributed by atoms with Gasteiger partial charge in [-0.1, -0.05) is 19.1 Å². The molecule has 2 saturated heterocycles. The Balaban J connectivity index is 1.53. The third-order valence-corrected chi connectivity index (χ3v) is 6.65. The summed E-state index contributed by atoms with van der Waals surface area (Å²) < 4.78 is 1.10. The maximum atomic E-state index is 12.9. The SMILES string of the molecule is CC[C@@]1(C)NC(=O)N(CC(=O)N2CCC[C@@H]2c2nc3ccccc3s2)C1=O. The Hall–Kier alpha value is -2.48. The minimum atomic E-state index is -0.922. The molecule has 2 fully saturated rings. The molecule has 0 bridgehead atoms. The van der Waals surface area contributed by atoms with Crippen LogP contribution in [0.1, 0.15) is 44.2 Å². The zero-order valence-corrected chi connectivity index (χ0v) is 16.2. The Morgan fingerprint density at radius 3 is 2.85 bits per heavy atom. The van der Waals surface area contributed by atoms with E-state index in [4.69, 9.17) is 4.98 Å². The lowest BCUT2D eigenvalue weighted by Crippen LogP contribution is -2.45. The van der Waals surface area contributed by atoms with Gasteiger partial charge >= 0.3 is 6.03 Å². The monoisotopic (exact) mass is 386 g/mol. The first-order valence-electron chi connectivity index (χ1n) is 9.22. The van der Waals surface area contributed by atoms with Crippen molar-refractivity contribution in [1.82, 2.24) is 20.1 Å². The topological polar surface area (TPSA) is 82.6 Å². The number of aromatic nitrogens is 1. The first-order chi connectivity index (χ1) is 12.9. The number of urea groups is 1. The molecule has 0 spiro atoms. The van der Waals surface area contributed by atoms with E-state index in [9.17, 15) is 14.4 Å². The molecule has 2 aromatic rings. The van der Waals surface area contributed by atoms with Crippen LogP contribution in [0.15, 0.2) is 24.3 Å². The number of benzene rings is 1. The van der Waals surface area contributed by atoms with E-state index in [2.05, 4.69) is 5.32 Å². The minimum Gasteiger partial charge on any atom is -0.332 e. The summed E-state index contributed by atoms with van der Waals surface area (Å²) in [7, 11) is 0. The number of carbonyl (C=O) groups is 3. The van der Waals surface area contributed by atoms with Crippen LogP contribution in [0.25, 0.3) is 10.2 Å². The van der Waals surface area contributed by atoms with Gasteiger partial charge < -0.3 is 10.2 Å². The molecule has 0 saturated carbocycles. The number of nitrogens with zero attached hydrogens (tertiary/aromatic N) is 3. The van der Waals surface area contributed by atoms with E-state index in [1.807, 2.05) is 31.2 Å². The van der Waals surface area contributed by atoms with Gasteiger partial charge in [0.2, 0.25) is 5.91 Å². The number of thiazole rings is 1. The minimum absolute atomic E-state index is 0.0896. The maximum absolute atomic E-state index is 12.9. The van der Waals surface area contributed by atoms with E-state index < -0.39 is 11.6 Å². The zero-order chi connectivity index (χ0) is 19.2. The molecule has 142 valence electrons. The Bertz CT molecular complexity index is 894. The van der Waals surface area contributed by atoms with Crippen molar-refractivity contribution in [3.63, 3.8) is 0 Å². The van der Waals surface area contributed by atoms with E-state index in [-0.39, 0.29) is 24.4 Å². The predicted octanol–water partition coefficient (Wildman–Crippen LogP) is 2.68. The highest BCUT2D eigenvalue weighted by Gasteiger charge is 2.47. The van der Waals surface area contributed by atoms with Crippen LogP contribution in [0, 0.1) is 0 Å². The van der Waals surface area contributed by atoms with Crippen molar-refractivity contribution in [3.05, 3.63) is 29.3 Å². The summed E-state index contributed by atoms with van der Waals surface area (Å²) in [4.78, 5) is 45.2. The van der Waals surface area contributed by atoms with E-state index in [1.165, 1.54) is 0 Å². The fourth-order valence-corrected chi connectivity index (χ4v) is 4.83. The molecule has 4 rings (SSSR count). The largest absolute Gasteiger partial charge is 0.332 e. The fourth-order valence-electron chi connectivity index (χ4n) is 3.71. The Labute approximate surface area is 161 Å². The van der Waals surface area contributed by atoms with Gasteiger partial charge in [0.1, 0.15) is 17.1 Å². The number of likely N-dealkylation sites (tertiary alicyclic amines) is 1. The van der Waals surface area contributed by atoms with Gasteiger partial charge in [-0.3, -0.25) is 14.5 Å². The zero-order valence-electron chi connectivity index (χ0n) is 15.4. The number of rotatable bonds is 4. The van der Waals surface area contributed by atoms with Crippen LogP contribution >= 0.6 is 11.3 Å². The maximum Gasteiger partial charge on any atom is 0.325 e. The Morgan fingerprint density at radius 1 is 1.37 bits per heavy atom. The smallest absolute Gasteiger partial charge is 0.325 e. The number of para-hydroxylation sites is 1. The molecule has 0 unspecified atom stereocenters. The molecule has 1 aromatic carbocycles. The lowest BCUT2D eigenvalue weighted by atomic mass is 9.99. The second-order valence-electron chi connectivity index (χ2n) is 7.27. The molecule has 2 aliphatic heterocycles. The summed E-state index contributed by atoms with van der Waals surface area (Å²) in [6.45, 7) is 3.93. The van der Waals surface area contributed by atoms with Gasteiger partial charge in [0.15, 0.2) is 0 Å². The molecule has 0 radical (unpaired) electrons. The highest BCUT2D eigenvalue weighted by atomic mass is 32.1. The second kappa shape index (κ2) is 6.60. The van der Waals surface area contributed by atoms with Crippen molar-refractivity contribution in [1.29, 1.82) is 0 Å². The van der Waals surface area contributed by atoms with E-state index in [1.54, 1.807) is 23.2 Å². The van der Waals surface area contributed by atoms with Crippen molar-refractivity contribution in [3.8, 4) is 0 Å². The molecule has 0 aliphatic carbocycles. The van der Waals surface area contributed by atoms with E-state index in [0.717, 1.165) is 33.0 Å². The predicted molar refractivity (Wildman–Crippen MR) is 102 cm³/mol. The van der Waals surface area contributed by atoms with Gasteiger partial charge in [0.05, 0.1) is 16.3 Å². The number of hydrogen-bond acceptors (Lipinski definition) is 5. The second-order valence-corrected chi connectivity index (χ2v) is 8.33. The number of carbonyl (C=O) groups excluding carboxylic acids is 3. The molecule has 2 atom stereocenters. The first kappa shape index (κ1) is 17.9. The molecule has 3 heterocycles. The van der Waals surface area contributed by atoms with Crippen molar-refractivity contribution in [2.45, 2.75) is 44.7 Å². The number of amides is 4. The highest BCUT2D eigenvalue weighted by molar-refractivity contribution is 7.18. The Morgan fingerprint density at radius 2 is 2.15 bits per heavy atom. The number of fused-ring (bicyclic) bond motifs is 1. The van der Waals surface area contributed by atoms with Gasteiger partial charge in [-0.25, -0.2) is 9.78 Å². The van der Waals surface area contributed by atoms with Crippen LogP contribution in [0.2, 0.25) is 0 Å². The molecular weight excluding hydrogens is 364 g/mol. The average Bonchev–Trinajstić information content (AvgIpc) is 3.35. The summed E-state index contributed by atoms with van der Waals surface area (Å²) in [5, 5.41) is 3.61. The molecular formula is C19H22N4O3S. The van der Waals surface area contributed by atoms with Gasteiger partial charge in [0, 0.05) is 6.54 Å². The molecule has 2 aliphatic rings. The van der Waals surface area contributed by atoms with Crippen molar-refractivity contribution in [2.24, 2.45) is 0 Å². The number of hydrogen-bond donors (Lipinski definition) is 1. The Kier molecular flexibility index (Phi) is 4.38. The van der Waals surface area contributed by atoms with Crippen LogP contribution in [0.3, 0.4) is 0 Å². The average molecular weight is 386 g/mol. The molecule has 8 heteroatoms. The third kappa shape index (κ3) is 2.97. The van der Waals surface area contributed by atoms with Crippen molar-refractivity contribution < 1.29 is 14.4 Å². The van der Waals surface area contributed by atoms with Crippen LogP contribution in [0.5, 0.6) is 0 Å². The quantitative estimate of drug-likeness (QED) is 0.819. The molecule has 4 amide bonds. The summed E-state index contributed by atoms with van der Waals surface area (Å²) in [6.07, 6.45) is 2.22. The summed E-state index contributed by atoms with van der Waals surface area (Å²) in [5.41, 5.74) is 0.0130. The van der Waals surface area contributed by atoms with Gasteiger partial charge in [0.25, 0.3) is 5.91 Å². The summed E-state index contributed by atoms with van der Waals surface area (Å²) >= 11 is 1.60. The fraction of sp³-hybridized carbons (Fsp3) is 0.474. The van der Waals surface area contributed by atoms with Crippen LogP contribution in [0.4, 0.5) is 4.79 Å². The molecule has 27 heavy (non-hydrogen) atoms. The molecule has 1 N–H and O–H groups in total. The molecule has 7 nitrogen and oxygen atoms in total. The van der Waals surface area contributed by atoms with E-state index in [0.29, 0.717) is 13.0 Å². The van der Waals surface area contributed by atoms with Gasteiger partial charge in [-0.15, -0.1) is 11.3 Å². The summed E-state index contributed by atoms with van der Waals surface area (Å²) in [6, 6.07) is 7.34. The lowest BCUT2D eigenvalue weighted by molar-refractivity contribution is -0.139. The number of nitrogens with one attached hydrogen (secondary N) is 1. The third-order valence-electron chi connectivity index (χ3n) is 5.51. The van der Waals surface area contributed by atoms with Crippen LogP contribution in [-0.2, 0) is 9.59 Å². The molecule has 1 aromatic heterocycles. The lowest BCUT2D eigenvalue weighted by Gasteiger charge is -2.25. The summed E-state index contributed by atoms with van der Waals surface area (Å²) in [5.74, 6) is -0.542. The normalized spacial score (nSPS) is 25.5. The van der Waals surface area contributed by atoms with Gasteiger partial charge in [-0.05, 0) is 38.3 Å². The first-order valence-corrected chi connectivity index (χ1v) is 10.0. The van der Waals surface area contributed by atoms with E-state index >= 15 is 0 Å². The van der Waals surface area contributed by atoms with Crippen LogP contribution in [-0.4, -0.2) is 51.3 Å². The van der Waals surface area contributed by atoms with Crippen LogP contribution < -0.4 is 5.32 Å². The van der Waals surface area contributed by atoms with Crippen molar-refractivity contribution >= 4 is 39.4 Å².